The number of hydrogen-bond acceptors (Lipinski definition) is 7. The highest BCUT2D eigenvalue weighted by Gasteiger charge is 2.13. The Morgan fingerprint density at radius 3 is 2.79 bits per heavy atom. The van der Waals surface area contributed by atoms with Crippen molar-refractivity contribution >= 4 is 26.9 Å². The zero-order valence-corrected chi connectivity index (χ0v) is 16.7. The number of aromatic nitrogens is 2. The number of halogens is 1. The van der Waals surface area contributed by atoms with Crippen LogP contribution in [0.15, 0.2) is 49.0 Å². The second-order valence-electron chi connectivity index (χ2n) is 6.01. The van der Waals surface area contributed by atoms with Crippen molar-refractivity contribution in [2.45, 2.75) is 12.7 Å². The highest BCUT2D eigenvalue weighted by atomic mass is 32.2. The van der Waals surface area contributed by atoms with Gasteiger partial charge in [-0.3, -0.25) is 4.78 Å². The lowest BCUT2D eigenvalue weighted by Gasteiger charge is -2.13. The van der Waals surface area contributed by atoms with Crippen LogP contribution in [0, 0.1) is 10.6 Å². The predicted octanol–water partition coefficient (Wildman–Crippen LogP) is 3.43. The van der Waals surface area contributed by atoms with Crippen LogP contribution in [-0.4, -0.2) is 33.6 Å². The number of hydrogen-bond donors (Lipinski definition) is 3. The summed E-state index contributed by atoms with van der Waals surface area (Å²) in [4.78, 5) is 8.22. The lowest BCUT2D eigenvalue weighted by molar-refractivity contribution is 0.310. The first-order valence-corrected chi connectivity index (χ1v) is 10.4. The molecule has 1 atom stereocenters. The van der Waals surface area contributed by atoms with E-state index in [0.29, 0.717) is 28.5 Å². The van der Waals surface area contributed by atoms with Crippen LogP contribution >= 0.6 is 0 Å². The maximum Gasteiger partial charge on any atom is 0.149 e. The lowest BCUT2D eigenvalue weighted by atomic mass is 10.1. The summed E-state index contributed by atoms with van der Waals surface area (Å²) in [5.74, 6) is 0.955. The summed E-state index contributed by atoms with van der Waals surface area (Å²) in [6, 6.07) is 4.88. The topological polar surface area (TPSA) is 114 Å². The van der Waals surface area contributed by atoms with Crippen LogP contribution in [0.3, 0.4) is 0 Å². The van der Waals surface area contributed by atoms with E-state index in [1.165, 1.54) is 13.2 Å². The van der Waals surface area contributed by atoms with Gasteiger partial charge in [-0.1, -0.05) is 6.58 Å². The van der Waals surface area contributed by atoms with Gasteiger partial charge in [0.15, 0.2) is 0 Å². The smallest absolute Gasteiger partial charge is 0.149 e. The molecule has 2 rings (SSSR count). The van der Waals surface area contributed by atoms with E-state index in [-0.39, 0.29) is 23.6 Å². The number of methoxy groups -OCH3 is 1. The van der Waals surface area contributed by atoms with Gasteiger partial charge in [-0.25, -0.2) is 18.6 Å². The van der Waals surface area contributed by atoms with E-state index in [1.807, 2.05) is 0 Å². The number of pyridine rings is 2. The molecule has 0 spiro atoms. The average Bonchev–Trinajstić information content (AvgIpc) is 2.64. The van der Waals surface area contributed by atoms with Gasteiger partial charge in [0.05, 0.1) is 19.1 Å². The molecule has 2 heterocycles. The van der Waals surface area contributed by atoms with Crippen LogP contribution in [0.1, 0.15) is 18.1 Å². The number of nitrogens with two attached hydrogens (primary N) is 1. The highest BCUT2D eigenvalue weighted by molar-refractivity contribution is 7.91. The normalized spacial score (nSPS) is 13.6. The van der Waals surface area contributed by atoms with E-state index in [1.54, 1.807) is 31.3 Å². The summed E-state index contributed by atoms with van der Waals surface area (Å²) in [7, 11) is -1.30. The zero-order chi connectivity index (χ0) is 20.7. The molecule has 0 saturated heterocycles. The molecule has 0 aliphatic rings. The van der Waals surface area contributed by atoms with Gasteiger partial charge in [0, 0.05) is 39.4 Å². The maximum atomic E-state index is 14.2. The third-order valence-electron chi connectivity index (χ3n) is 3.89. The van der Waals surface area contributed by atoms with E-state index in [0.717, 1.165) is 6.20 Å². The summed E-state index contributed by atoms with van der Waals surface area (Å²) in [5.41, 5.74) is 6.74. The van der Waals surface area contributed by atoms with E-state index < -0.39 is 15.5 Å². The SMILES string of the molecule is C=C(/C(=C\C)OC)c1cc(Nc2cc(CS(=N)(=O)CCN)ccn2)ncc1F. The Labute approximate surface area is 164 Å². The predicted molar refractivity (Wildman–Crippen MR) is 110 cm³/mol. The first kappa shape index (κ1) is 21.5. The number of nitrogens with zero attached hydrogens (tertiary/aromatic N) is 2. The molecule has 0 amide bonds. The molecule has 0 aliphatic heterocycles. The second kappa shape index (κ2) is 9.43. The summed E-state index contributed by atoms with van der Waals surface area (Å²) in [5, 5.41) is 2.99. The molecule has 2 aromatic rings. The number of anilines is 2. The highest BCUT2D eigenvalue weighted by Crippen LogP contribution is 2.26. The van der Waals surface area contributed by atoms with Gasteiger partial charge < -0.3 is 15.8 Å². The molecule has 150 valence electrons. The molecule has 0 radical (unpaired) electrons. The van der Waals surface area contributed by atoms with E-state index in [2.05, 4.69) is 21.9 Å². The maximum absolute atomic E-state index is 14.2. The molecule has 0 aromatic carbocycles. The van der Waals surface area contributed by atoms with Crippen molar-refractivity contribution in [2.75, 3.05) is 24.7 Å². The Balaban J connectivity index is 2.26. The molecule has 1 unspecified atom stereocenters. The Kier molecular flexibility index (Phi) is 7.24. The molecular weight excluding hydrogens is 381 g/mol. The van der Waals surface area contributed by atoms with Gasteiger partial charge in [0.2, 0.25) is 0 Å². The average molecular weight is 405 g/mol. The van der Waals surface area contributed by atoms with Crippen LogP contribution in [0.2, 0.25) is 0 Å². The molecule has 28 heavy (non-hydrogen) atoms. The minimum absolute atomic E-state index is 0.0821. The van der Waals surface area contributed by atoms with E-state index in [4.69, 9.17) is 15.3 Å². The Morgan fingerprint density at radius 1 is 1.43 bits per heavy atom. The minimum Gasteiger partial charge on any atom is -0.496 e. The molecular formula is C19H24FN5O2S. The van der Waals surface area contributed by atoms with Gasteiger partial charge in [-0.05, 0) is 36.8 Å². The molecule has 0 aliphatic carbocycles. The van der Waals surface area contributed by atoms with Crippen molar-refractivity contribution in [1.29, 1.82) is 4.78 Å². The van der Waals surface area contributed by atoms with E-state index >= 15 is 0 Å². The number of rotatable bonds is 9. The number of ether oxygens (including phenoxy) is 1. The molecule has 9 heteroatoms. The van der Waals surface area contributed by atoms with Crippen LogP contribution < -0.4 is 11.1 Å². The van der Waals surface area contributed by atoms with Crippen molar-refractivity contribution in [1.82, 2.24) is 9.97 Å². The summed E-state index contributed by atoms with van der Waals surface area (Å²) < 4.78 is 39.4. The van der Waals surface area contributed by atoms with Gasteiger partial charge in [0.25, 0.3) is 0 Å². The van der Waals surface area contributed by atoms with Gasteiger partial charge >= 0.3 is 0 Å². The van der Waals surface area contributed by atoms with Crippen LogP contribution in [0.25, 0.3) is 5.57 Å². The Hall–Kier alpha value is -2.78. The second-order valence-corrected chi connectivity index (χ2v) is 8.33. The van der Waals surface area contributed by atoms with E-state index in [9.17, 15) is 8.60 Å². The minimum atomic E-state index is -2.79. The van der Waals surface area contributed by atoms with Crippen molar-refractivity contribution in [3.05, 3.63) is 66.0 Å². The molecule has 0 saturated carbocycles. The monoisotopic (exact) mass is 405 g/mol. The summed E-state index contributed by atoms with van der Waals surface area (Å²) >= 11 is 0. The number of nitrogens with one attached hydrogen (secondary N) is 2. The molecule has 7 nitrogen and oxygen atoms in total. The lowest BCUT2D eigenvalue weighted by Crippen LogP contribution is -2.16. The van der Waals surface area contributed by atoms with Crippen molar-refractivity contribution in [3.63, 3.8) is 0 Å². The Bertz CT molecular complexity index is 990. The van der Waals surface area contributed by atoms with Gasteiger partial charge in [-0.2, -0.15) is 0 Å². The molecule has 4 N–H and O–H groups in total. The quantitative estimate of drug-likeness (QED) is 0.435. The Morgan fingerprint density at radius 2 is 2.14 bits per heavy atom. The van der Waals surface area contributed by atoms with Crippen molar-refractivity contribution < 1.29 is 13.3 Å². The standard InChI is InChI=1S/C19H24FN5O2S/c1-4-17(27-3)13(2)15-10-19(24-11-16(15)20)25-18-9-14(5-7-23-18)12-28(22,26)8-6-21/h4-5,7,9-11,22H,2,6,8,12,21H2,1,3H3,(H,23,24,25)/b17-4+. The van der Waals surface area contributed by atoms with Gasteiger partial charge in [-0.15, -0.1) is 0 Å². The van der Waals surface area contributed by atoms with Gasteiger partial charge in [0.1, 0.15) is 23.2 Å². The molecule has 0 fully saturated rings. The first-order valence-electron chi connectivity index (χ1n) is 8.51. The van der Waals surface area contributed by atoms with Crippen LogP contribution in [-0.2, 0) is 20.2 Å². The molecule has 0 bridgehead atoms. The number of allylic oxidation sites excluding steroid dienone is 2. The zero-order valence-electron chi connectivity index (χ0n) is 15.9. The van der Waals surface area contributed by atoms with Crippen molar-refractivity contribution in [3.8, 4) is 0 Å². The van der Waals surface area contributed by atoms with Crippen LogP contribution in [0.5, 0.6) is 0 Å². The first-order chi connectivity index (χ1) is 13.3. The fourth-order valence-electron chi connectivity index (χ4n) is 2.58. The summed E-state index contributed by atoms with van der Waals surface area (Å²) in [6.45, 7) is 5.85. The largest absolute Gasteiger partial charge is 0.496 e. The third-order valence-corrected chi connectivity index (χ3v) is 5.58. The fraction of sp³-hybridized carbons (Fsp3) is 0.263. The third kappa shape index (κ3) is 5.61. The fourth-order valence-corrected chi connectivity index (χ4v) is 3.82. The van der Waals surface area contributed by atoms with Crippen LogP contribution in [0.4, 0.5) is 16.0 Å². The van der Waals surface area contributed by atoms with Crippen molar-refractivity contribution in [2.24, 2.45) is 5.73 Å². The summed E-state index contributed by atoms with van der Waals surface area (Å²) in [6.07, 6.45) is 4.33. The molecule has 2 aromatic heterocycles.